The highest BCUT2D eigenvalue weighted by molar-refractivity contribution is 5.87. The molecule has 0 saturated heterocycles. The second-order valence-corrected chi connectivity index (χ2v) is 24.0. The molecular weight excluding hydrogens is 1140 g/mol. The van der Waals surface area contributed by atoms with Crippen LogP contribution < -0.4 is 0 Å². The van der Waals surface area contributed by atoms with Crippen LogP contribution in [0.5, 0.6) is 0 Å². The topological polar surface area (TPSA) is 64.5 Å². The molecule has 0 aliphatic heterocycles. The molecule has 3 heterocycles. The van der Waals surface area contributed by atoms with Crippen LogP contribution in [0.25, 0.3) is 146 Å². The fourth-order valence-corrected chi connectivity index (χ4v) is 12.3. The number of hydrogen-bond donors (Lipinski definition) is 0. The molecule has 0 spiro atoms. The van der Waals surface area contributed by atoms with E-state index in [2.05, 4.69) is 294 Å². The maximum atomic E-state index is 5.18. The lowest BCUT2D eigenvalue weighted by atomic mass is 9.91. The van der Waals surface area contributed by atoms with Crippen LogP contribution in [0.4, 0.5) is 0 Å². The lowest BCUT2D eigenvalue weighted by Gasteiger charge is -2.15. The zero-order valence-electron chi connectivity index (χ0n) is 53.0. The Morgan fingerprint density at radius 1 is 0.191 bits per heavy atom. The number of pyridine rings is 1. The number of aromatic nitrogens is 5. The van der Waals surface area contributed by atoms with Gasteiger partial charge in [0.15, 0.2) is 11.6 Å². The van der Waals surface area contributed by atoms with Crippen molar-refractivity contribution in [2.45, 2.75) is 27.7 Å². The summed E-state index contributed by atoms with van der Waals surface area (Å²) in [6, 6.07) is 112. The first-order chi connectivity index (χ1) is 46.2. The molecule has 0 atom stereocenters. The van der Waals surface area contributed by atoms with E-state index in [1.807, 2.05) is 67.0 Å². The number of benzene rings is 12. The Kier molecular flexibility index (Phi) is 17.2. The fourth-order valence-electron chi connectivity index (χ4n) is 12.3. The second-order valence-electron chi connectivity index (χ2n) is 24.0. The van der Waals surface area contributed by atoms with Crippen molar-refractivity contribution in [3.05, 3.63) is 356 Å². The summed E-state index contributed by atoms with van der Waals surface area (Å²) in [6.07, 6.45) is 5.64. The van der Waals surface area contributed by atoms with Crippen LogP contribution >= 0.6 is 0 Å². The summed E-state index contributed by atoms with van der Waals surface area (Å²) >= 11 is 0. The van der Waals surface area contributed by atoms with Gasteiger partial charge in [-0.3, -0.25) is 4.98 Å². The van der Waals surface area contributed by atoms with Crippen LogP contribution in [0, 0.1) is 27.7 Å². The largest absolute Gasteiger partial charge is 0.255 e. The molecule has 3 aromatic heterocycles. The SMILES string of the molecule is Cc1cccc(-c2cccc(-c3cc(-c4cccc(-c5cccc(C)c5)c4)cc(-c4ncc(-c5ccccc5)cn4)c3)c2)c1.Cc1ccccc1-c1cccc(-c2cc(-c3cccc(-c4ccccc4C)c3)cc(-c3cc(-c4ccccn4)nc(-c4ccccc4)n3)c2)c1. The van der Waals surface area contributed by atoms with Gasteiger partial charge in [0.05, 0.1) is 17.1 Å². The van der Waals surface area contributed by atoms with Crippen molar-refractivity contribution in [1.29, 1.82) is 0 Å². The summed E-state index contributed by atoms with van der Waals surface area (Å²) in [5, 5.41) is 0. The summed E-state index contributed by atoms with van der Waals surface area (Å²) in [4.78, 5) is 24.5. The normalized spacial score (nSPS) is 11.0. The third-order valence-electron chi connectivity index (χ3n) is 17.3. The van der Waals surface area contributed by atoms with Crippen molar-refractivity contribution < 1.29 is 0 Å². The first-order valence-corrected chi connectivity index (χ1v) is 31.9. The van der Waals surface area contributed by atoms with E-state index in [0.29, 0.717) is 11.6 Å². The molecular formula is C89H67N5. The van der Waals surface area contributed by atoms with E-state index in [9.17, 15) is 0 Å². The van der Waals surface area contributed by atoms with E-state index in [1.54, 1.807) is 6.20 Å². The monoisotopic (exact) mass is 1210 g/mol. The van der Waals surface area contributed by atoms with E-state index in [-0.39, 0.29) is 0 Å². The highest BCUT2D eigenvalue weighted by Gasteiger charge is 2.17. The molecule has 15 aromatic rings. The molecule has 0 amide bonds. The minimum Gasteiger partial charge on any atom is -0.255 e. The first kappa shape index (κ1) is 59.6. The third kappa shape index (κ3) is 13.5. The summed E-state index contributed by atoms with van der Waals surface area (Å²) in [7, 11) is 0. The average Bonchev–Trinajstić information content (AvgIpc) is 1.02. The molecule has 15 rings (SSSR count). The van der Waals surface area contributed by atoms with Crippen molar-refractivity contribution in [1.82, 2.24) is 24.9 Å². The summed E-state index contributed by atoms with van der Waals surface area (Å²) in [5.74, 6) is 1.37. The smallest absolute Gasteiger partial charge is 0.160 e. The molecule has 0 unspecified atom stereocenters. The van der Waals surface area contributed by atoms with Gasteiger partial charge in [-0.15, -0.1) is 0 Å². The molecule has 448 valence electrons. The number of rotatable bonds is 13. The van der Waals surface area contributed by atoms with E-state index in [4.69, 9.17) is 19.9 Å². The van der Waals surface area contributed by atoms with Gasteiger partial charge in [0.1, 0.15) is 0 Å². The molecule has 5 nitrogen and oxygen atoms in total. The van der Waals surface area contributed by atoms with E-state index in [1.165, 1.54) is 66.8 Å². The molecule has 0 aliphatic rings. The Morgan fingerprint density at radius 3 is 1.00 bits per heavy atom. The van der Waals surface area contributed by atoms with Gasteiger partial charge in [0.25, 0.3) is 0 Å². The first-order valence-electron chi connectivity index (χ1n) is 31.9. The summed E-state index contributed by atoms with van der Waals surface area (Å²) < 4.78 is 0. The van der Waals surface area contributed by atoms with Gasteiger partial charge in [0, 0.05) is 40.8 Å². The molecule has 12 aromatic carbocycles. The van der Waals surface area contributed by atoms with Crippen LogP contribution in [0.1, 0.15) is 22.3 Å². The molecule has 0 aliphatic carbocycles. The van der Waals surface area contributed by atoms with Crippen LogP contribution in [0.2, 0.25) is 0 Å². The maximum Gasteiger partial charge on any atom is 0.160 e. The average molecular weight is 1210 g/mol. The Hall–Kier alpha value is -12.1. The summed E-state index contributed by atoms with van der Waals surface area (Å²) in [5.41, 5.74) is 31.3. The minimum atomic E-state index is 0.666. The predicted molar refractivity (Wildman–Crippen MR) is 391 cm³/mol. The zero-order chi connectivity index (χ0) is 63.7. The predicted octanol–water partition coefficient (Wildman–Crippen LogP) is 23.3. The number of nitrogens with zero attached hydrogens (tertiary/aromatic N) is 5. The Balaban J connectivity index is 0.000000164. The summed E-state index contributed by atoms with van der Waals surface area (Å²) in [6.45, 7) is 8.61. The zero-order valence-corrected chi connectivity index (χ0v) is 53.0. The van der Waals surface area contributed by atoms with Crippen LogP contribution in [0.15, 0.2) is 334 Å². The van der Waals surface area contributed by atoms with Crippen molar-refractivity contribution in [2.24, 2.45) is 0 Å². The van der Waals surface area contributed by atoms with Crippen molar-refractivity contribution in [2.75, 3.05) is 0 Å². The Bertz CT molecular complexity index is 4900. The van der Waals surface area contributed by atoms with Gasteiger partial charge in [-0.05, 0) is 212 Å². The maximum absolute atomic E-state index is 5.18. The molecule has 5 heteroatoms. The minimum absolute atomic E-state index is 0.666. The molecule has 0 N–H and O–H groups in total. The molecule has 0 fully saturated rings. The van der Waals surface area contributed by atoms with Crippen LogP contribution in [-0.2, 0) is 0 Å². The molecule has 94 heavy (non-hydrogen) atoms. The Morgan fingerprint density at radius 2 is 0.543 bits per heavy atom. The van der Waals surface area contributed by atoms with Crippen molar-refractivity contribution in [3.8, 4) is 146 Å². The quantitative estimate of drug-likeness (QED) is 0.115. The van der Waals surface area contributed by atoms with Gasteiger partial charge >= 0.3 is 0 Å². The van der Waals surface area contributed by atoms with E-state index < -0.39 is 0 Å². The van der Waals surface area contributed by atoms with Gasteiger partial charge in [0.2, 0.25) is 0 Å². The Labute approximate surface area is 551 Å². The van der Waals surface area contributed by atoms with Crippen molar-refractivity contribution in [3.63, 3.8) is 0 Å². The lowest BCUT2D eigenvalue weighted by molar-refractivity contribution is 1.16. The van der Waals surface area contributed by atoms with E-state index >= 15 is 0 Å². The van der Waals surface area contributed by atoms with Crippen LogP contribution in [0.3, 0.4) is 0 Å². The van der Waals surface area contributed by atoms with Gasteiger partial charge < -0.3 is 0 Å². The van der Waals surface area contributed by atoms with E-state index in [0.717, 1.165) is 89.4 Å². The second kappa shape index (κ2) is 27.2. The number of hydrogen-bond acceptors (Lipinski definition) is 5. The van der Waals surface area contributed by atoms with Gasteiger partial charge in [-0.1, -0.05) is 248 Å². The van der Waals surface area contributed by atoms with Gasteiger partial charge in [-0.25, -0.2) is 19.9 Å². The van der Waals surface area contributed by atoms with Crippen LogP contribution in [-0.4, -0.2) is 24.9 Å². The number of aryl methyl sites for hydroxylation is 4. The standard InChI is InChI=1S/C47H35N3.C42H32N2/c1-32-14-6-8-22-42(32)37-20-12-18-35(26-37)39-28-40(36-19-13-21-38(27-36)43-23-9-7-15-33(43)2)30-41(29-39)45-31-46(44-24-10-11-25-48-44)50-47(49-45)34-16-4-3-5-17-34;1-29-10-6-14-32(20-29)34-16-8-18-36(22-34)38-24-39(37-19-9-17-35(23-37)33-15-7-11-30(2)21-33)26-40(25-38)42-43-27-41(28-44-42)31-12-4-3-5-13-31/h3-31H,1-2H3;3-28H,1-2H3. The lowest BCUT2D eigenvalue weighted by Crippen LogP contribution is -1.97. The fraction of sp³-hybridized carbons (Fsp3) is 0.0449. The third-order valence-corrected chi connectivity index (χ3v) is 17.3. The molecule has 0 radical (unpaired) electrons. The molecule has 0 bridgehead atoms. The highest BCUT2D eigenvalue weighted by atomic mass is 14.9. The van der Waals surface area contributed by atoms with Gasteiger partial charge in [-0.2, -0.15) is 0 Å². The highest BCUT2D eigenvalue weighted by Crippen LogP contribution is 2.40. The molecule has 0 saturated carbocycles. The van der Waals surface area contributed by atoms with Crippen molar-refractivity contribution >= 4 is 0 Å².